The highest BCUT2D eigenvalue weighted by Crippen LogP contribution is 2.47. The number of terminal acetylenes is 1. The summed E-state index contributed by atoms with van der Waals surface area (Å²) in [6.07, 6.45) is 21.0. The first-order valence-electron chi connectivity index (χ1n) is 13.6. The normalized spacial score (nSPS) is 21.6. The highest BCUT2D eigenvalue weighted by Gasteiger charge is 2.40. The lowest BCUT2D eigenvalue weighted by Gasteiger charge is -2.44. The number of pyridine rings is 2. The van der Waals surface area contributed by atoms with Crippen molar-refractivity contribution >= 4 is 11.9 Å². The van der Waals surface area contributed by atoms with Gasteiger partial charge in [0.2, 0.25) is 0 Å². The van der Waals surface area contributed by atoms with E-state index in [1.54, 1.807) is 11.6 Å². The summed E-state index contributed by atoms with van der Waals surface area (Å²) in [6.45, 7) is 13.4. The molecule has 6 rings (SSSR count). The SMILES string of the molecule is C#Cc1c(N2CCN(C(=C)C=C3CCC3)C(C3CC3)C2)nc(C2CC2)c(-c2ccnc(C=C)c2)c1C. The van der Waals surface area contributed by atoms with E-state index in [1.807, 2.05) is 6.20 Å². The van der Waals surface area contributed by atoms with E-state index in [9.17, 15) is 0 Å². The summed E-state index contributed by atoms with van der Waals surface area (Å²) in [5, 5.41) is 0. The monoisotopic (exact) mass is 476 g/mol. The maximum Gasteiger partial charge on any atom is 0.145 e. The molecular formula is C32H36N4. The van der Waals surface area contributed by atoms with Crippen LogP contribution in [0, 0.1) is 25.2 Å². The van der Waals surface area contributed by atoms with Crippen LogP contribution < -0.4 is 4.90 Å². The Morgan fingerprint density at radius 3 is 2.64 bits per heavy atom. The summed E-state index contributed by atoms with van der Waals surface area (Å²) < 4.78 is 0. The largest absolute Gasteiger partial charge is 0.365 e. The number of rotatable bonds is 7. The molecule has 1 aliphatic heterocycles. The van der Waals surface area contributed by atoms with Crippen molar-refractivity contribution in [3.63, 3.8) is 0 Å². The summed E-state index contributed by atoms with van der Waals surface area (Å²) in [5.74, 6) is 5.31. The first-order valence-corrected chi connectivity index (χ1v) is 13.6. The van der Waals surface area contributed by atoms with Gasteiger partial charge in [0.25, 0.3) is 0 Å². The van der Waals surface area contributed by atoms with E-state index in [1.165, 1.54) is 61.9 Å². The Bertz CT molecular complexity index is 1280. The highest BCUT2D eigenvalue weighted by atomic mass is 15.3. The molecule has 0 amide bonds. The molecule has 0 bridgehead atoms. The lowest BCUT2D eigenvalue weighted by molar-refractivity contribution is 0.211. The van der Waals surface area contributed by atoms with Gasteiger partial charge in [0, 0.05) is 49.1 Å². The van der Waals surface area contributed by atoms with Crippen molar-refractivity contribution < 1.29 is 0 Å². The van der Waals surface area contributed by atoms with Gasteiger partial charge in [0.1, 0.15) is 5.82 Å². The summed E-state index contributed by atoms with van der Waals surface area (Å²) in [5.41, 5.74) is 9.26. The van der Waals surface area contributed by atoms with Gasteiger partial charge in [-0.2, -0.15) is 0 Å². The molecule has 2 aromatic rings. The van der Waals surface area contributed by atoms with E-state index in [0.29, 0.717) is 12.0 Å². The summed E-state index contributed by atoms with van der Waals surface area (Å²) in [7, 11) is 0. The van der Waals surface area contributed by atoms with E-state index in [4.69, 9.17) is 11.4 Å². The Balaban J connectivity index is 1.36. The molecule has 1 atom stereocenters. The second-order valence-electron chi connectivity index (χ2n) is 11.0. The van der Waals surface area contributed by atoms with Crippen molar-refractivity contribution in [1.82, 2.24) is 14.9 Å². The van der Waals surface area contributed by atoms with Gasteiger partial charge in [0.05, 0.1) is 17.0 Å². The second-order valence-corrected chi connectivity index (χ2v) is 11.0. The van der Waals surface area contributed by atoms with Gasteiger partial charge in [0.15, 0.2) is 0 Å². The lowest BCUT2D eigenvalue weighted by Crippen LogP contribution is -2.53. The van der Waals surface area contributed by atoms with E-state index in [-0.39, 0.29) is 0 Å². The van der Waals surface area contributed by atoms with Gasteiger partial charge < -0.3 is 9.80 Å². The molecule has 1 unspecified atom stereocenters. The van der Waals surface area contributed by atoms with Crippen LogP contribution in [0.4, 0.5) is 5.82 Å². The van der Waals surface area contributed by atoms with E-state index >= 15 is 0 Å². The van der Waals surface area contributed by atoms with Crippen LogP contribution in [-0.4, -0.2) is 40.5 Å². The van der Waals surface area contributed by atoms with Gasteiger partial charge in [-0.3, -0.25) is 4.98 Å². The molecule has 0 N–H and O–H groups in total. The molecule has 0 aromatic carbocycles. The molecule has 4 aliphatic rings. The molecule has 4 fully saturated rings. The van der Waals surface area contributed by atoms with Gasteiger partial charge >= 0.3 is 0 Å². The van der Waals surface area contributed by atoms with Crippen LogP contribution in [0.1, 0.15) is 73.4 Å². The van der Waals surface area contributed by atoms with Crippen molar-refractivity contribution in [2.24, 2.45) is 5.92 Å². The van der Waals surface area contributed by atoms with Crippen molar-refractivity contribution in [2.75, 3.05) is 24.5 Å². The Kier molecular flexibility index (Phi) is 5.96. The van der Waals surface area contributed by atoms with Crippen molar-refractivity contribution in [2.45, 2.75) is 63.8 Å². The molecule has 4 heteroatoms. The predicted molar refractivity (Wildman–Crippen MR) is 149 cm³/mol. The first-order chi connectivity index (χ1) is 17.6. The zero-order valence-corrected chi connectivity index (χ0v) is 21.5. The quantitative estimate of drug-likeness (QED) is 0.428. The van der Waals surface area contributed by atoms with Crippen LogP contribution in [0.3, 0.4) is 0 Å². The number of anilines is 1. The molecule has 0 radical (unpaired) electrons. The van der Waals surface area contributed by atoms with Gasteiger partial charge in [-0.25, -0.2) is 4.98 Å². The smallest absolute Gasteiger partial charge is 0.145 e. The fraction of sp³-hybridized carbons (Fsp3) is 0.438. The topological polar surface area (TPSA) is 32.3 Å². The molecule has 3 saturated carbocycles. The molecule has 0 spiro atoms. The van der Waals surface area contributed by atoms with Gasteiger partial charge in [-0.1, -0.05) is 24.7 Å². The number of piperazine rings is 1. The predicted octanol–water partition coefficient (Wildman–Crippen LogP) is 6.48. The fourth-order valence-electron chi connectivity index (χ4n) is 5.93. The maximum absolute atomic E-state index is 6.18. The van der Waals surface area contributed by atoms with Crippen molar-refractivity contribution in [1.29, 1.82) is 0 Å². The second kappa shape index (κ2) is 9.28. The third kappa shape index (κ3) is 4.26. The molecule has 4 nitrogen and oxygen atoms in total. The Morgan fingerprint density at radius 2 is 2.00 bits per heavy atom. The Labute approximate surface area is 215 Å². The first kappa shape index (κ1) is 23.1. The van der Waals surface area contributed by atoms with Crippen LogP contribution in [0.15, 0.2) is 48.8 Å². The number of hydrogen-bond acceptors (Lipinski definition) is 4. The number of allylic oxidation sites excluding steroid dienone is 2. The minimum Gasteiger partial charge on any atom is -0.365 e. The Hall–Kier alpha value is -3.32. The highest BCUT2D eigenvalue weighted by molar-refractivity contribution is 5.78. The van der Waals surface area contributed by atoms with Crippen LogP contribution in [0.25, 0.3) is 17.2 Å². The molecule has 36 heavy (non-hydrogen) atoms. The molecule has 1 saturated heterocycles. The van der Waals surface area contributed by atoms with Gasteiger partial charge in [-0.05, 0) is 93.2 Å². The number of hydrogen-bond donors (Lipinski definition) is 0. The van der Waals surface area contributed by atoms with Crippen LogP contribution in [0.5, 0.6) is 0 Å². The number of nitrogens with zero attached hydrogens (tertiary/aromatic N) is 4. The van der Waals surface area contributed by atoms with Gasteiger partial charge in [-0.15, -0.1) is 6.42 Å². The zero-order chi connectivity index (χ0) is 24.8. The van der Waals surface area contributed by atoms with Crippen molar-refractivity contribution in [3.05, 3.63) is 71.3 Å². The van der Waals surface area contributed by atoms with Crippen molar-refractivity contribution in [3.8, 4) is 23.5 Å². The standard InChI is InChI=1S/C32H36N4/c1-5-27-19-26(14-15-33-27)30-22(4)28(6-2)32(34-31(30)25-12-13-25)35-16-17-36(29(20-35)24-10-11-24)21(3)18-23-8-7-9-23/h2,5,14-15,18-19,24-25,29H,1,3,7-13,16-17,20H2,4H3. The summed E-state index contributed by atoms with van der Waals surface area (Å²) >= 11 is 0. The molecule has 184 valence electrons. The lowest BCUT2D eigenvalue weighted by atomic mass is 9.91. The maximum atomic E-state index is 6.18. The molecule has 3 heterocycles. The minimum atomic E-state index is 0.482. The van der Waals surface area contributed by atoms with Crippen LogP contribution in [0.2, 0.25) is 0 Å². The Morgan fingerprint density at radius 1 is 1.19 bits per heavy atom. The molecule has 2 aromatic heterocycles. The minimum absolute atomic E-state index is 0.482. The zero-order valence-electron chi connectivity index (χ0n) is 21.5. The third-order valence-corrected chi connectivity index (χ3v) is 8.46. The average molecular weight is 477 g/mol. The number of aromatic nitrogens is 2. The van der Waals surface area contributed by atoms with Crippen LogP contribution >= 0.6 is 0 Å². The van der Waals surface area contributed by atoms with E-state index in [0.717, 1.165) is 53.8 Å². The van der Waals surface area contributed by atoms with Crippen LogP contribution in [-0.2, 0) is 0 Å². The summed E-state index contributed by atoms with van der Waals surface area (Å²) in [4.78, 5) is 14.8. The molecular weight excluding hydrogens is 440 g/mol. The summed E-state index contributed by atoms with van der Waals surface area (Å²) in [6, 6.07) is 4.66. The fourth-order valence-corrected chi connectivity index (χ4v) is 5.93. The van der Waals surface area contributed by atoms with E-state index < -0.39 is 0 Å². The molecule has 3 aliphatic carbocycles. The van der Waals surface area contributed by atoms with E-state index in [2.05, 4.69) is 59.0 Å². The third-order valence-electron chi connectivity index (χ3n) is 8.46. The average Bonchev–Trinajstić information content (AvgIpc) is 3.78.